The van der Waals surface area contributed by atoms with Crippen molar-refractivity contribution in [3.63, 3.8) is 0 Å². The third-order valence-electron chi connectivity index (χ3n) is 3.02. The van der Waals surface area contributed by atoms with E-state index in [9.17, 15) is 4.79 Å². The Balaban J connectivity index is 2.20. The third-order valence-corrected chi connectivity index (χ3v) is 3.02. The number of aryl methyl sites for hydroxylation is 1. The molecule has 0 radical (unpaired) electrons. The van der Waals surface area contributed by atoms with Gasteiger partial charge < -0.3 is 0 Å². The number of carbonyl (C=O) groups excluding carboxylic acids is 1. The quantitative estimate of drug-likeness (QED) is 0.725. The summed E-state index contributed by atoms with van der Waals surface area (Å²) in [5.41, 5.74) is 4.66. The molecular formula is C16H16O. The van der Waals surface area contributed by atoms with Crippen molar-refractivity contribution in [2.75, 3.05) is 0 Å². The van der Waals surface area contributed by atoms with Crippen LogP contribution in [0.4, 0.5) is 0 Å². The highest BCUT2D eigenvalue weighted by molar-refractivity contribution is 5.94. The summed E-state index contributed by atoms with van der Waals surface area (Å²) in [5.74, 6) is 0.118. The summed E-state index contributed by atoms with van der Waals surface area (Å²) in [6.45, 7) is 3.72. The standard InChI is InChI=1S/C16H16O/c1-12-5-3-4-6-16(12)11-14-7-9-15(10-8-14)13(2)17/h3-10H,11H2,1-2H3. The van der Waals surface area contributed by atoms with Crippen molar-refractivity contribution in [2.45, 2.75) is 20.3 Å². The highest BCUT2D eigenvalue weighted by Crippen LogP contribution is 2.14. The van der Waals surface area contributed by atoms with E-state index in [0.29, 0.717) is 0 Å². The van der Waals surface area contributed by atoms with E-state index < -0.39 is 0 Å². The number of ketones is 1. The van der Waals surface area contributed by atoms with Gasteiger partial charge in [0.15, 0.2) is 5.78 Å². The van der Waals surface area contributed by atoms with Gasteiger partial charge in [0.1, 0.15) is 0 Å². The Hall–Kier alpha value is -1.89. The zero-order chi connectivity index (χ0) is 12.3. The van der Waals surface area contributed by atoms with E-state index in [1.807, 2.05) is 24.3 Å². The molecule has 0 atom stereocenters. The average Bonchev–Trinajstić information content (AvgIpc) is 2.33. The van der Waals surface area contributed by atoms with Crippen molar-refractivity contribution in [1.29, 1.82) is 0 Å². The lowest BCUT2D eigenvalue weighted by molar-refractivity contribution is 0.101. The highest BCUT2D eigenvalue weighted by Gasteiger charge is 2.01. The average molecular weight is 224 g/mol. The second-order valence-corrected chi connectivity index (χ2v) is 4.36. The molecule has 0 unspecified atom stereocenters. The maximum absolute atomic E-state index is 11.2. The van der Waals surface area contributed by atoms with Gasteiger partial charge in [-0.3, -0.25) is 4.79 Å². The monoisotopic (exact) mass is 224 g/mol. The molecule has 2 aromatic rings. The Morgan fingerprint density at radius 2 is 1.65 bits per heavy atom. The van der Waals surface area contributed by atoms with E-state index in [1.54, 1.807) is 6.92 Å². The molecule has 86 valence electrons. The number of hydrogen-bond donors (Lipinski definition) is 0. The van der Waals surface area contributed by atoms with Crippen LogP contribution in [-0.4, -0.2) is 5.78 Å². The van der Waals surface area contributed by atoms with Crippen LogP contribution in [0.5, 0.6) is 0 Å². The Kier molecular flexibility index (Phi) is 3.38. The van der Waals surface area contributed by atoms with Gasteiger partial charge in [-0.25, -0.2) is 0 Å². The first-order chi connectivity index (χ1) is 8.16. The van der Waals surface area contributed by atoms with Crippen molar-refractivity contribution < 1.29 is 4.79 Å². The second-order valence-electron chi connectivity index (χ2n) is 4.36. The Labute approximate surface area is 102 Å². The van der Waals surface area contributed by atoms with E-state index in [-0.39, 0.29) is 5.78 Å². The van der Waals surface area contributed by atoms with Gasteiger partial charge >= 0.3 is 0 Å². The predicted molar refractivity (Wildman–Crippen MR) is 70.4 cm³/mol. The molecule has 0 fully saturated rings. The number of hydrogen-bond acceptors (Lipinski definition) is 1. The normalized spacial score (nSPS) is 10.2. The van der Waals surface area contributed by atoms with Gasteiger partial charge in [-0.05, 0) is 37.0 Å². The minimum Gasteiger partial charge on any atom is -0.295 e. The minimum atomic E-state index is 0.118. The second kappa shape index (κ2) is 4.96. The smallest absolute Gasteiger partial charge is 0.159 e. The largest absolute Gasteiger partial charge is 0.295 e. The van der Waals surface area contributed by atoms with Crippen LogP contribution in [0.15, 0.2) is 48.5 Å². The van der Waals surface area contributed by atoms with Crippen molar-refractivity contribution in [3.05, 3.63) is 70.8 Å². The van der Waals surface area contributed by atoms with E-state index >= 15 is 0 Å². The maximum Gasteiger partial charge on any atom is 0.159 e. The summed E-state index contributed by atoms with van der Waals surface area (Å²) in [6, 6.07) is 16.2. The Bertz CT molecular complexity index is 523. The maximum atomic E-state index is 11.2. The molecule has 0 aliphatic carbocycles. The lowest BCUT2D eigenvalue weighted by Gasteiger charge is -2.06. The molecule has 0 saturated carbocycles. The number of carbonyl (C=O) groups is 1. The fourth-order valence-corrected chi connectivity index (χ4v) is 1.89. The minimum absolute atomic E-state index is 0.118. The molecule has 1 heteroatoms. The molecule has 0 bridgehead atoms. The summed E-state index contributed by atoms with van der Waals surface area (Å²) >= 11 is 0. The molecule has 0 aliphatic heterocycles. The predicted octanol–water partition coefficient (Wildman–Crippen LogP) is 3.79. The zero-order valence-corrected chi connectivity index (χ0v) is 10.2. The molecule has 2 aromatic carbocycles. The fraction of sp³-hybridized carbons (Fsp3) is 0.188. The summed E-state index contributed by atoms with van der Waals surface area (Å²) in [7, 11) is 0. The fourth-order valence-electron chi connectivity index (χ4n) is 1.89. The summed E-state index contributed by atoms with van der Waals surface area (Å²) in [5, 5.41) is 0. The number of rotatable bonds is 3. The Morgan fingerprint density at radius 3 is 2.24 bits per heavy atom. The van der Waals surface area contributed by atoms with Gasteiger partial charge in [0.05, 0.1) is 0 Å². The first-order valence-electron chi connectivity index (χ1n) is 5.81. The van der Waals surface area contributed by atoms with Crippen molar-refractivity contribution in [2.24, 2.45) is 0 Å². The van der Waals surface area contributed by atoms with Crippen LogP contribution in [0.25, 0.3) is 0 Å². The van der Waals surface area contributed by atoms with E-state index in [2.05, 4.69) is 31.2 Å². The van der Waals surface area contributed by atoms with Gasteiger partial charge in [0, 0.05) is 5.56 Å². The van der Waals surface area contributed by atoms with Crippen LogP contribution in [0.3, 0.4) is 0 Å². The van der Waals surface area contributed by atoms with Crippen molar-refractivity contribution >= 4 is 5.78 Å². The van der Waals surface area contributed by atoms with Crippen LogP contribution in [-0.2, 0) is 6.42 Å². The molecule has 0 aliphatic rings. The van der Waals surface area contributed by atoms with Gasteiger partial charge in [-0.1, -0.05) is 48.5 Å². The molecule has 0 aromatic heterocycles. The molecule has 0 spiro atoms. The van der Waals surface area contributed by atoms with Gasteiger partial charge in [0.2, 0.25) is 0 Å². The summed E-state index contributed by atoms with van der Waals surface area (Å²) < 4.78 is 0. The first kappa shape index (κ1) is 11.6. The molecule has 0 N–H and O–H groups in total. The van der Waals surface area contributed by atoms with E-state index in [4.69, 9.17) is 0 Å². The topological polar surface area (TPSA) is 17.1 Å². The van der Waals surface area contributed by atoms with Crippen molar-refractivity contribution in [3.8, 4) is 0 Å². The van der Waals surface area contributed by atoms with Crippen LogP contribution in [0.1, 0.15) is 34.0 Å². The van der Waals surface area contributed by atoms with Crippen LogP contribution < -0.4 is 0 Å². The van der Waals surface area contributed by atoms with E-state index in [1.165, 1.54) is 16.7 Å². The SMILES string of the molecule is CC(=O)c1ccc(Cc2ccccc2C)cc1. The molecule has 0 saturated heterocycles. The van der Waals surface area contributed by atoms with Crippen LogP contribution >= 0.6 is 0 Å². The third kappa shape index (κ3) is 2.82. The van der Waals surface area contributed by atoms with Gasteiger partial charge in [-0.15, -0.1) is 0 Å². The summed E-state index contributed by atoms with van der Waals surface area (Å²) in [4.78, 5) is 11.2. The highest BCUT2D eigenvalue weighted by atomic mass is 16.1. The van der Waals surface area contributed by atoms with Crippen molar-refractivity contribution in [1.82, 2.24) is 0 Å². The van der Waals surface area contributed by atoms with Gasteiger partial charge in [0.25, 0.3) is 0 Å². The van der Waals surface area contributed by atoms with Crippen LogP contribution in [0.2, 0.25) is 0 Å². The first-order valence-corrected chi connectivity index (χ1v) is 5.81. The van der Waals surface area contributed by atoms with Gasteiger partial charge in [-0.2, -0.15) is 0 Å². The zero-order valence-electron chi connectivity index (χ0n) is 10.2. The molecular weight excluding hydrogens is 208 g/mol. The van der Waals surface area contributed by atoms with Crippen LogP contribution in [0, 0.1) is 6.92 Å². The lowest BCUT2D eigenvalue weighted by atomic mass is 9.99. The molecule has 17 heavy (non-hydrogen) atoms. The molecule has 0 heterocycles. The lowest BCUT2D eigenvalue weighted by Crippen LogP contribution is -1.94. The molecule has 0 amide bonds. The number of benzene rings is 2. The molecule has 1 nitrogen and oxygen atoms in total. The summed E-state index contributed by atoms with van der Waals surface area (Å²) in [6.07, 6.45) is 0.921. The van der Waals surface area contributed by atoms with E-state index in [0.717, 1.165) is 12.0 Å². The number of Topliss-reactive ketones (excluding diaryl/α,β-unsaturated/α-hetero) is 1. The molecule has 2 rings (SSSR count). The Morgan fingerprint density at radius 1 is 1.00 bits per heavy atom.